The normalized spacial score (nSPS) is 12.2. The van der Waals surface area contributed by atoms with Crippen molar-refractivity contribution in [2.45, 2.75) is 12.8 Å². The van der Waals surface area contributed by atoms with Crippen LogP contribution in [0.15, 0.2) is 48.5 Å². The fourth-order valence-electron chi connectivity index (χ4n) is 3.26. The SMILES string of the molecule is NC(=O)c1nn(NC(=O)c2cccc(Cl)c2)c2c1CCc1ccccc1-2. The average Bonchev–Trinajstić information content (AvgIpc) is 3.01. The number of carbonyl (C=O) groups is 2. The van der Waals surface area contributed by atoms with Gasteiger partial charge in [-0.25, -0.2) is 5.43 Å². The van der Waals surface area contributed by atoms with Crippen LogP contribution in [-0.2, 0) is 12.8 Å². The molecule has 2 amide bonds. The van der Waals surface area contributed by atoms with Crippen LogP contribution < -0.4 is 11.2 Å². The molecular weight excluding hydrogens is 352 g/mol. The Morgan fingerprint density at radius 3 is 2.69 bits per heavy atom. The molecule has 0 saturated heterocycles. The first kappa shape index (κ1) is 16.4. The summed E-state index contributed by atoms with van der Waals surface area (Å²) in [5, 5.41) is 4.72. The Morgan fingerprint density at radius 2 is 1.92 bits per heavy atom. The lowest BCUT2D eigenvalue weighted by atomic mass is 9.89. The molecule has 0 radical (unpaired) electrons. The van der Waals surface area contributed by atoms with Gasteiger partial charge in [0.1, 0.15) is 0 Å². The van der Waals surface area contributed by atoms with Crippen LogP contribution in [0.1, 0.15) is 32.0 Å². The molecule has 3 aromatic rings. The van der Waals surface area contributed by atoms with E-state index in [-0.39, 0.29) is 11.6 Å². The highest BCUT2D eigenvalue weighted by Gasteiger charge is 2.28. The number of nitrogens with zero attached hydrogens (tertiary/aromatic N) is 2. The van der Waals surface area contributed by atoms with Crippen LogP contribution in [0.25, 0.3) is 11.3 Å². The summed E-state index contributed by atoms with van der Waals surface area (Å²) in [4.78, 5) is 25.8. The van der Waals surface area contributed by atoms with Crippen LogP contribution in [0.4, 0.5) is 0 Å². The van der Waals surface area contributed by atoms with E-state index in [1.807, 2.05) is 24.3 Å². The molecule has 1 heterocycles. The second-order valence-corrected chi connectivity index (χ2v) is 6.50. The molecule has 0 bridgehead atoms. The number of aromatic nitrogens is 2. The number of amides is 2. The van der Waals surface area contributed by atoms with E-state index in [0.717, 1.165) is 23.1 Å². The van der Waals surface area contributed by atoms with Gasteiger partial charge in [-0.3, -0.25) is 9.59 Å². The molecule has 3 N–H and O–H groups in total. The maximum atomic E-state index is 12.6. The van der Waals surface area contributed by atoms with Gasteiger partial charge in [-0.05, 0) is 36.6 Å². The van der Waals surface area contributed by atoms with E-state index in [4.69, 9.17) is 17.3 Å². The Balaban J connectivity index is 1.80. The molecule has 1 aromatic heterocycles. The molecule has 4 rings (SSSR count). The van der Waals surface area contributed by atoms with Crippen molar-refractivity contribution in [3.05, 3.63) is 75.9 Å². The summed E-state index contributed by atoms with van der Waals surface area (Å²) in [5.41, 5.74) is 12.3. The van der Waals surface area contributed by atoms with Crippen LogP contribution in [0.3, 0.4) is 0 Å². The third kappa shape index (κ3) is 2.74. The third-order valence-electron chi connectivity index (χ3n) is 4.43. The van der Waals surface area contributed by atoms with Crippen molar-refractivity contribution in [1.82, 2.24) is 9.89 Å². The monoisotopic (exact) mass is 366 g/mol. The highest BCUT2D eigenvalue weighted by atomic mass is 35.5. The first-order chi connectivity index (χ1) is 12.5. The fourth-order valence-corrected chi connectivity index (χ4v) is 3.45. The van der Waals surface area contributed by atoms with Gasteiger partial charge in [0.15, 0.2) is 5.69 Å². The average molecular weight is 367 g/mol. The molecule has 0 spiro atoms. The maximum absolute atomic E-state index is 12.6. The van der Waals surface area contributed by atoms with Crippen molar-refractivity contribution in [1.29, 1.82) is 0 Å². The lowest BCUT2D eigenvalue weighted by Crippen LogP contribution is -2.25. The Labute approximate surface area is 154 Å². The summed E-state index contributed by atoms with van der Waals surface area (Å²) in [6, 6.07) is 14.4. The largest absolute Gasteiger partial charge is 0.364 e. The second-order valence-electron chi connectivity index (χ2n) is 6.06. The zero-order chi connectivity index (χ0) is 18.3. The number of rotatable bonds is 3. The van der Waals surface area contributed by atoms with Crippen molar-refractivity contribution < 1.29 is 9.59 Å². The number of hydrogen-bond donors (Lipinski definition) is 2. The van der Waals surface area contributed by atoms with E-state index < -0.39 is 5.91 Å². The van der Waals surface area contributed by atoms with Gasteiger partial charge in [0, 0.05) is 21.7 Å². The number of hydrogen-bond acceptors (Lipinski definition) is 3. The summed E-state index contributed by atoms with van der Waals surface area (Å²) in [6.07, 6.45) is 1.43. The number of nitrogens with one attached hydrogen (secondary N) is 1. The highest BCUT2D eigenvalue weighted by molar-refractivity contribution is 6.31. The summed E-state index contributed by atoms with van der Waals surface area (Å²) in [5.74, 6) is -0.992. The van der Waals surface area contributed by atoms with Gasteiger partial charge in [-0.1, -0.05) is 41.9 Å². The van der Waals surface area contributed by atoms with E-state index in [1.165, 1.54) is 4.79 Å². The third-order valence-corrected chi connectivity index (χ3v) is 4.66. The van der Waals surface area contributed by atoms with Crippen LogP contribution in [-0.4, -0.2) is 21.7 Å². The van der Waals surface area contributed by atoms with Crippen molar-refractivity contribution in [3.8, 4) is 11.3 Å². The minimum atomic E-state index is -0.614. The molecule has 0 saturated carbocycles. The van der Waals surface area contributed by atoms with Gasteiger partial charge >= 0.3 is 0 Å². The van der Waals surface area contributed by atoms with Crippen molar-refractivity contribution in [3.63, 3.8) is 0 Å². The first-order valence-corrected chi connectivity index (χ1v) is 8.49. The Kier molecular flexibility index (Phi) is 3.97. The summed E-state index contributed by atoms with van der Waals surface area (Å²) < 4.78 is 0. The van der Waals surface area contributed by atoms with Gasteiger partial charge in [0.2, 0.25) is 0 Å². The Morgan fingerprint density at radius 1 is 1.12 bits per heavy atom. The van der Waals surface area contributed by atoms with Crippen LogP contribution in [0, 0.1) is 0 Å². The van der Waals surface area contributed by atoms with Gasteiger partial charge in [-0.15, -0.1) is 5.10 Å². The van der Waals surface area contributed by atoms with Gasteiger partial charge in [-0.2, -0.15) is 4.79 Å². The number of nitrogens with two attached hydrogens (primary N) is 1. The quantitative estimate of drug-likeness (QED) is 0.746. The maximum Gasteiger partial charge on any atom is 0.271 e. The van der Waals surface area contributed by atoms with E-state index in [2.05, 4.69) is 10.5 Å². The molecule has 1 aliphatic rings. The van der Waals surface area contributed by atoms with Crippen molar-refractivity contribution in [2.24, 2.45) is 5.73 Å². The van der Waals surface area contributed by atoms with E-state index in [1.54, 1.807) is 24.3 Å². The minimum absolute atomic E-state index is 0.181. The van der Waals surface area contributed by atoms with Crippen LogP contribution in [0.2, 0.25) is 5.02 Å². The zero-order valence-corrected chi connectivity index (χ0v) is 14.5. The van der Waals surface area contributed by atoms with Gasteiger partial charge in [0.25, 0.3) is 11.8 Å². The topological polar surface area (TPSA) is 90.0 Å². The predicted molar refractivity (Wildman–Crippen MR) is 98.7 cm³/mol. The second kappa shape index (κ2) is 6.31. The Hall–Kier alpha value is -3.12. The number of fused-ring (bicyclic) bond motifs is 3. The molecule has 0 unspecified atom stereocenters. The summed E-state index contributed by atoms with van der Waals surface area (Å²) >= 11 is 5.96. The molecule has 130 valence electrons. The molecular formula is C19H15ClN4O2. The number of benzene rings is 2. The summed E-state index contributed by atoms with van der Waals surface area (Å²) in [6.45, 7) is 0. The van der Waals surface area contributed by atoms with Crippen LogP contribution >= 0.6 is 11.6 Å². The van der Waals surface area contributed by atoms with Gasteiger partial charge < -0.3 is 5.73 Å². The Bertz CT molecular complexity index is 1040. The molecule has 1 aliphatic carbocycles. The molecule has 2 aromatic carbocycles. The van der Waals surface area contributed by atoms with E-state index in [9.17, 15) is 9.59 Å². The highest BCUT2D eigenvalue weighted by Crippen LogP contribution is 2.34. The van der Waals surface area contributed by atoms with E-state index >= 15 is 0 Å². The lowest BCUT2D eigenvalue weighted by molar-refractivity contribution is 0.0983. The number of aryl methyl sites for hydroxylation is 1. The molecule has 0 aliphatic heterocycles. The van der Waals surface area contributed by atoms with Crippen molar-refractivity contribution >= 4 is 23.4 Å². The molecule has 0 atom stereocenters. The number of halogens is 1. The minimum Gasteiger partial charge on any atom is -0.364 e. The van der Waals surface area contributed by atoms with Crippen molar-refractivity contribution in [2.75, 3.05) is 5.43 Å². The molecule has 7 heteroatoms. The van der Waals surface area contributed by atoms with Crippen LogP contribution in [0.5, 0.6) is 0 Å². The number of carbonyl (C=O) groups excluding carboxylic acids is 2. The molecule has 26 heavy (non-hydrogen) atoms. The summed E-state index contributed by atoms with van der Waals surface area (Å²) in [7, 11) is 0. The predicted octanol–water partition coefficient (Wildman–Crippen LogP) is 2.78. The first-order valence-electron chi connectivity index (χ1n) is 8.11. The smallest absolute Gasteiger partial charge is 0.271 e. The fraction of sp³-hybridized carbons (Fsp3) is 0.105. The molecule has 6 nitrogen and oxygen atoms in total. The standard InChI is InChI=1S/C19H15ClN4O2/c20-13-6-3-5-12(10-13)19(26)23-24-17-14-7-2-1-4-11(14)8-9-15(17)16(22-24)18(21)25/h1-7,10H,8-9H2,(H2,21,25)(H,23,26). The lowest BCUT2D eigenvalue weighted by Gasteiger charge is -2.18. The van der Waals surface area contributed by atoms with Gasteiger partial charge in [0.05, 0.1) is 5.69 Å². The zero-order valence-electron chi connectivity index (χ0n) is 13.7. The molecule has 0 fully saturated rings. The van der Waals surface area contributed by atoms with E-state index in [0.29, 0.717) is 22.7 Å². The number of primary amides is 1.